The van der Waals surface area contributed by atoms with Crippen molar-refractivity contribution in [1.82, 2.24) is 4.57 Å². The Balaban J connectivity index is 1.13. The smallest absolute Gasteiger partial charge is 0.0541 e. The highest BCUT2D eigenvalue weighted by Gasteiger charge is 2.16. The third kappa shape index (κ3) is 4.83. The van der Waals surface area contributed by atoms with E-state index in [0.717, 1.165) is 22.7 Å². The molecule has 0 saturated heterocycles. The summed E-state index contributed by atoms with van der Waals surface area (Å²) in [5, 5.41) is 4.98. The molecule has 9 aromatic rings. The lowest BCUT2D eigenvalue weighted by molar-refractivity contribution is 1.18. The molecular formula is C46H32N2. The van der Waals surface area contributed by atoms with Crippen molar-refractivity contribution < 1.29 is 0 Å². The van der Waals surface area contributed by atoms with Crippen LogP contribution in [0.4, 0.5) is 17.1 Å². The van der Waals surface area contributed by atoms with E-state index in [0.29, 0.717) is 0 Å². The van der Waals surface area contributed by atoms with Gasteiger partial charge in [-0.05, 0) is 82.2 Å². The van der Waals surface area contributed by atoms with Gasteiger partial charge in [-0.15, -0.1) is 0 Å². The van der Waals surface area contributed by atoms with Crippen LogP contribution in [0.3, 0.4) is 0 Å². The zero-order valence-corrected chi connectivity index (χ0v) is 26.4. The Kier molecular flexibility index (Phi) is 6.84. The Hall–Kier alpha value is -6.38. The molecule has 0 radical (unpaired) electrons. The van der Waals surface area contributed by atoms with E-state index in [2.05, 4.69) is 204 Å². The van der Waals surface area contributed by atoms with Crippen LogP contribution in [-0.4, -0.2) is 4.57 Å². The molecule has 8 aromatic carbocycles. The number of hydrogen-bond acceptors (Lipinski definition) is 1. The maximum absolute atomic E-state index is 2.38. The highest BCUT2D eigenvalue weighted by molar-refractivity contribution is 6.09. The molecule has 1 aromatic heterocycles. The zero-order valence-electron chi connectivity index (χ0n) is 26.4. The predicted molar refractivity (Wildman–Crippen MR) is 204 cm³/mol. The summed E-state index contributed by atoms with van der Waals surface area (Å²) in [7, 11) is 0. The van der Waals surface area contributed by atoms with Gasteiger partial charge in [0.25, 0.3) is 0 Å². The highest BCUT2D eigenvalue weighted by atomic mass is 15.1. The number of anilines is 3. The van der Waals surface area contributed by atoms with Gasteiger partial charge in [-0.1, -0.05) is 140 Å². The fraction of sp³-hybridized carbons (Fsp3) is 0. The summed E-state index contributed by atoms with van der Waals surface area (Å²) in [6, 6.07) is 69.8. The predicted octanol–water partition coefficient (Wildman–Crippen LogP) is 12.7. The topological polar surface area (TPSA) is 8.17 Å². The fourth-order valence-corrected chi connectivity index (χ4v) is 7.09. The number of aromatic nitrogens is 1. The maximum Gasteiger partial charge on any atom is 0.0541 e. The summed E-state index contributed by atoms with van der Waals surface area (Å²) in [5.41, 5.74) is 11.8. The van der Waals surface area contributed by atoms with Gasteiger partial charge in [0.05, 0.1) is 16.7 Å². The maximum atomic E-state index is 2.38. The molecule has 9 rings (SSSR count). The van der Waals surface area contributed by atoms with Gasteiger partial charge in [0.15, 0.2) is 0 Å². The van der Waals surface area contributed by atoms with Gasteiger partial charge in [0.2, 0.25) is 0 Å². The number of rotatable bonds is 6. The minimum absolute atomic E-state index is 1.11. The first kappa shape index (κ1) is 27.9. The van der Waals surface area contributed by atoms with Crippen molar-refractivity contribution >= 4 is 49.6 Å². The summed E-state index contributed by atoms with van der Waals surface area (Å²) in [4.78, 5) is 2.37. The summed E-state index contributed by atoms with van der Waals surface area (Å²) >= 11 is 0. The minimum Gasteiger partial charge on any atom is -0.310 e. The van der Waals surface area contributed by atoms with E-state index in [1.54, 1.807) is 0 Å². The highest BCUT2D eigenvalue weighted by Crippen LogP contribution is 2.40. The number of fused-ring (bicyclic) bond motifs is 4. The standard InChI is InChI=1S/C46H32N2/c1-2-12-33(13-3-1)34-24-28-38(29-25-34)47(44-23-11-15-36-14-4-5-18-41(36)44)39-30-26-35(27-31-39)37-16-10-17-40(32-37)48-45-21-8-6-19-42(45)43-20-7-9-22-46(43)48/h1-32H. The summed E-state index contributed by atoms with van der Waals surface area (Å²) < 4.78 is 2.38. The first-order valence-electron chi connectivity index (χ1n) is 16.4. The van der Waals surface area contributed by atoms with E-state index in [1.165, 1.54) is 54.8 Å². The SMILES string of the molecule is c1ccc(-c2ccc(N(c3ccc(-c4cccc(-n5c6ccccc6c6ccccc65)c4)cc3)c3cccc4ccccc34)cc2)cc1. The largest absolute Gasteiger partial charge is 0.310 e. The Labute approximate surface area is 280 Å². The van der Waals surface area contributed by atoms with Gasteiger partial charge in [-0.2, -0.15) is 0 Å². The number of benzene rings is 8. The van der Waals surface area contributed by atoms with Gasteiger partial charge in [0, 0.05) is 33.2 Å². The Morgan fingerprint density at radius 1 is 0.333 bits per heavy atom. The van der Waals surface area contributed by atoms with Gasteiger partial charge < -0.3 is 9.47 Å². The molecule has 0 fully saturated rings. The molecule has 0 spiro atoms. The Morgan fingerprint density at radius 2 is 0.812 bits per heavy atom. The molecule has 2 nitrogen and oxygen atoms in total. The van der Waals surface area contributed by atoms with E-state index in [-0.39, 0.29) is 0 Å². The van der Waals surface area contributed by atoms with Gasteiger partial charge in [0.1, 0.15) is 0 Å². The molecule has 0 amide bonds. The molecule has 1 heterocycles. The minimum atomic E-state index is 1.11. The van der Waals surface area contributed by atoms with Gasteiger partial charge >= 0.3 is 0 Å². The molecule has 2 heteroatoms. The van der Waals surface area contributed by atoms with Crippen molar-refractivity contribution in [3.63, 3.8) is 0 Å². The van der Waals surface area contributed by atoms with Crippen LogP contribution in [0.25, 0.3) is 60.5 Å². The first-order chi connectivity index (χ1) is 23.8. The number of hydrogen-bond donors (Lipinski definition) is 0. The van der Waals surface area contributed by atoms with Crippen LogP contribution in [0, 0.1) is 0 Å². The third-order valence-electron chi connectivity index (χ3n) is 9.38. The molecule has 0 unspecified atom stereocenters. The molecule has 0 atom stereocenters. The van der Waals surface area contributed by atoms with Crippen molar-refractivity contribution in [2.24, 2.45) is 0 Å². The summed E-state index contributed by atoms with van der Waals surface area (Å²) in [5.74, 6) is 0. The average molecular weight is 613 g/mol. The van der Waals surface area contributed by atoms with E-state index < -0.39 is 0 Å². The van der Waals surface area contributed by atoms with Crippen LogP contribution in [0.2, 0.25) is 0 Å². The molecule has 0 aliphatic carbocycles. The molecule has 0 saturated carbocycles. The Morgan fingerprint density at radius 3 is 1.48 bits per heavy atom. The Bertz CT molecular complexity index is 2480. The van der Waals surface area contributed by atoms with Crippen molar-refractivity contribution in [3.8, 4) is 27.9 Å². The fourth-order valence-electron chi connectivity index (χ4n) is 7.09. The van der Waals surface area contributed by atoms with E-state index in [9.17, 15) is 0 Å². The second-order valence-electron chi connectivity index (χ2n) is 12.2. The van der Waals surface area contributed by atoms with E-state index >= 15 is 0 Å². The molecule has 0 aliphatic heterocycles. The van der Waals surface area contributed by atoms with Gasteiger partial charge in [-0.3, -0.25) is 0 Å². The van der Waals surface area contributed by atoms with Crippen LogP contribution in [0.1, 0.15) is 0 Å². The second-order valence-corrected chi connectivity index (χ2v) is 12.2. The van der Waals surface area contributed by atoms with Gasteiger partial charge in [-0.25, -0.2) is 0 Å². The molecule has 0 N–H and O–H groups in total. The van der Waals surface area contributed by atoms with Crippen LogP contribution in [0.5, 0.6) is 0 Å². The normalized spacial score (nSPS) is 11.3. The zero-order chi connectivity index (χ0) is 31.9. The molecule has 226 valence electrons. The molecule has 0 bridgehead atoms. The average Bonchev–Trinajstić information content (AvgIpc) is 3.50. The molecular weight excluding hydrogens is 581 g/mol. The lowest BCUT2D eigenvalue weighted by Crippen LogP contribution is -2.10. The second kappa shape index (κ2) is 11.8. The van der Waals surface area contributed by atoms with E-state index in [4.69, 9.17) is 0 Å². The lowest BCUT2D eigenvalue weighted by Gasteiger charge is -2.27. The lowest BCUT2D eigenvalue weighted by atomic mass is 10.0. The quantitative estimate of drug-likeness (QED) is 0.181. The molecule has 0 aliphatic rings. The number of para-hydroxylation sites is 2. The van der Waals surface area contributed by atoms with E-state index in [1.807, 2.05) is 0 Å². The first-order valence-corrected chi connectivity index (χ1v) is 16.4. The summed E-state index contributed by atoms with van der Waals surface area (Å²) in [6.07, 6.45) is 0. The van der Waals surface area contributed by atoms with Crippen LogP contribution < -0.4 is 4.90 Å². The van der Waals surface area contributed by atoms with Crippen molar-refractivity contribution in [1.29, 1.82) is 0 Å². The molecule has 48 heavy (non-hydrogen) atoms. The third-order valence-corrected chi connectivity index (χ3v) is 9.38. The summed E-state index contributed by atoms with van der Waals surface area (Å²) in [6.45, 7) is 0. The number of nitrogens with zero attached hydrogens (tertiary/aromatic N) is 2. The van der Waals surface area contributed by atoms with Crippen molar-refractivity contribution in [2.45, 2.75) is 0 Å². The van der Waals surface area contributed by atoms with Crippen LogP contribution >= 0.6 is 0 Å². The monoisotopic (exact) mass is 612 g/mol. The van der Waals surface area contributed by atoms with Crippen molar-refractivity contribution in [2.75, 3.05) is 4.90 Å². The van der Waals surface area contributed by atoms with Crippen LogP contribution in [0.15, 0.2) is 194 Å². The van der Waals surface area contributed by atoms with Crippen LogP contribution in [-0.2, 0) is 0 Å². The van der Waals surface area contributed by atoms with Crippen molar-refractivity contribution in [3.05, 3.63) is 194 Å².